The van der Waals surface area contributed by atoms with E-state index in [2.05, 4.69) is 11.1 Å². The molecule has 10 nitrogen and oxygen atoms in total. The van der Waals surface area contributed by atoms with Gasteiger partial charge in [0.25, 0.3) is 0 Å². The van der Waals surface area contributed by atoms with Crippen molar-refractivity contribution in [3.8, 4) is 23.3 Å². The summed E-state index contributed by atoms with van der Waals surface area (Å²) in [5.74, 6) is -2.28. The summed E-state index contributed by atoms with van der Waals surface area (Å²) in [4.78, 5) is 56.6. The van der Waals surface area contributed by atoms with Gasteiger partial charge in [-0.3, -0.25) is 14.4 Å². The Hall–Kier alpha value is -5.49. The smallest absolute Gasteiger partial charge is 0.338 e. The van der Waals surface area contributed by atoms with E-state index in [1.807, 2.05) is 25.1 Å². The van der Waals surface area contributed by atoms with E-state index < -0.39 is 35.4 Å². The molecule has 1 fully saturated rings. The topological polar surface area (TPSA) is 167 Å². The van der Waals surface area contributed by atoms with Crippen LogP contribution >= 0.6 is 23.4 Å². The number of rotatable bonds is 9. The molecule has 0 aliphatic carbocycles. The van der Waals surface area contributed by atoms with E-state index >= 15 is 0 Å². The zero-order valence-corrected chi connectivity index (χ0v) is 25.9. The van der Waals surface area contributed by atoms with E-state index in [0.29, 0.717) is 21.7 Å². The molecular formula is C34H24ClN5O5S. The summed E-state index contributed by atoms with van der Waals surface area (Å²) in [6.45, 7) is 1.53. The van der Waals surface area contributed by atoms with Gasteiger partial charge >= 0.3 is 5.97 Å². The Balaban J connectivity index is 1.32. The zero-order valence-electron chi connectivity index (χ0n) is 24.3. The van der Waals surface area contributed by atoms with Crippen LogP contribution in [-0.4, -0.2) is 40.4 Å². The predicted molar refractivity (Wildman–Crippen MR) is 172 cm³/mol. The molecule has 5 rings (SSSR count). The van der Waals surface area contributed by atoms with Crippen LogP contribution < -0.4 is 10.6 Å². The Bertz CT molecular complexity index is 1950. The number of imide groups is 1. The van der Waals surface area contributed by atoms with Gasteiger partial charge in [0.05, 0.1) is 22.1 Å². The minimum absolute atomic E-state index is 0.0496. The van der Waals surface area contributed by atoms with Gasteiger partial charge < -0.3 is 10.5 Å². The molecule has 1 aromatic heterocycles. The van der Waals surface area contributed by atoms with E-state index in [9.17, 15) is 29.7 Å². The number of esters is 1. The number of aromatic nitrogens is 1. The molecule has 0 bridgehead atoms. The number of nitrogens with zero attached hydrogens (tertiary/aromatic N) is 4. The molecule has 4 aromatic rings. The number of hydrogen-bond donors (Lipinski definition) is 1. The van der Waals surface area contributed by atoms with E-state index in [0.717, 1.165) is 28.6 Å². The van der Waals surface area contributed by atoms with E-state index in [1.165, 1.54) is 36.4 Å². The van der Waals surface area contributed by atoms with Crippen molar-refractivity contribution in [3.63, 3.8) is 0 Å². The summed E-state index contributed by atoms with van der Waals surface area (Å²) in [6, 6.07) is 23.3. The lowest BCUT2D eigenvalue weighted by atomic mass is 9.96. The summed E-state index contributed by atoms with van der Waals surface area (Å²) in [5.41, 5.74) is 8.94. The number of pyridine rings is 1. The largest absolute Gasteiger partial charge is 0.454 e. The molecule has 3 aromatic carbocycles. The molecule has 2 N–H and O–H groups in total. The van der Waals surface area contributed by atoms with Gasteiger partial charge in [-0.1, -0.05) is 54.6 Å². The summed E-state index contributed by atoms with van der Waals surface area (Å²) in [5, 5.41) is 19.6. The molecular weight excluding hydrogens is 626 g/mol. The highest BCUT2D eigenvalue weighted by Gasteiger charge is 2.41. The number of carbonyl (C=O) groups is 4. The molecule has 12 heteroatoms. The van der Waals surface area contributed by atoms with Crippen molar-refractivity contribution in [2.75, 3.05) is 17.2 Å². The van der Waals surface area contributed by atoms with Crippen molar-refractivity contribution >= 4 is 58.4 Å². The lowest BCUT2D eigenvalue weighted by molar-refractivity contribution is -0.121. The average molecular weight is 650 g/mol. The number of thioether (sulfide) groups is 1. The number of anilines is 2. The standard InChI is InChI=1S/C34H24ClN5O5S/c1-2-19-3-5-21(6-4-19)30-25(16-36)31(38)39-32(26(30)17-37)46-28-15-29(42)40(33(28)43)24-13-9-22(10-14-24)34(44)45-18-27(41)20-7-11-23(35)12-8-20/h3-14,28H,2,15,18H2,1H3,(H2,38,39). The van der Waals surface area contributed by atoms with E-state index in [4.69, 9.17) is 22.1 Å². The third kappa shape index (κ3) is 6.47. The first-order valence-electron chi connectivity index (χ1n) is 14.0. The number of nitrogen functional groups attached to an aromatic ring is 1. The predicted octanol–water partition coefficient (Wildman–Crippen LogP) is 5.75. The second-order valence-corrected chi connectivity index (χ2v) is 11.8. The summed E-state index contributed by atoms with van der Waals surface area (Å²) in [7, 11) is 0. The number of hydrogen-bond acceptors (Lipinski definition) is 10. The van der Waals surface area contributed by atoms with Crippen molar-refractivity contribution in [1.29, 1.82) is 10.5 Å². The molecule has 2 amide bonds. The van der Waals surface area contributed by atoms with Crippen molar-refractivity contribution in [3.05, 3.63) is 106 Å². The Morgan fingerprint density at radius 1 is 0.978 bits per heavy atom. The maximum Gasteiger partial charge on any atom is 0.338 e. The molecule has 0 radical (unpaired) electrons. The highest BCUT2D eigenvalue weighted by Crippen LogP contribution is 2.40. The summed E-state index contributed by atoms with van der Waals surface area (Å²) < 4.78 is 5.13. The molecule has 0 saturated carbocycles. The van der Waals surface area contributed by atoms with Crippen molar-refractivity contribution in [1.82, 2.24) is 4.98 Å². The fourth-order valence-electron chi connectivity index (χ4n) is 4.86. The van der Waals surface area contributed by atoms with Crippen molar-refractivity contribution in [2.45, 2.75) is 30.0 Å². The van der Waals surface area contributed by atoms with Gasteiger partial charge in [0.1, 0.15) is 28.5 Å². The number of aryl methyl sites for hydroxylation is 1. The molecule has 1 aliphatic rings. The quantitative estimate of drug-likeness (QED) is 0.134. The lowest BCUT2D eigenvalue weighted by Crippen LogP contribution is -2.31. The van der Waals surface area contributed by atoms with Crippen molar-refractivity contribution in [2.24, 2.45) is 0 Å². The molecule has 46 heavy (non-hydrogen) atoms. The number of ketones is 1. The van der Waals surface area contributed by atoms with Gasteiger partial charge in [0, 0.05) is 22.6 Å². The molecule has 1 aliphatic heterocycles. The Morgan fingerprint density at radius 3 is 2.22 bits per heavy atom. The monoisotopic (exact) mass is 649 g/mol. The zero-order chi connectivity index (χ0) is 33.0. The second kappa shape index (κ2) is 13.7. The highest BCUT2D eigenvalue weighted by atomic mass is 35.5. The SMILES string of the molecule is CCc1ccc(-c2c(C#N)c(N)nc(SC3CC(=O)N(c4ccc(C(=O)OCC(=O)c5ccc(Cl)cc5)cc4)C3=O)c2C#N)cc1. The maximum atomic E-state index is 13.5. The van der Waals surface area contributed by atoms with Crippen LogP contribution in [0.2, 0.25) is 5.02 Å². The van der Waals surface area contributed by atoms with Gasteiger partial charge in [0.15, 0.2) is 12.4 Å². The number of Topliss-reactive ketones (excluding diaryl/α,β-unsaturated/α-hetero) is 1. The number of halogens is 1. The van der Waals surface area contributed by atoms with Gasteiger partial charge in [-0.05, 0) is 66.1 Å². The number of nitrogens with two attached hydrogens (primary N) is 1. The van der Waals surface area contributed by atoms with Gasteiger partial charge in [0.2, 0.25) is 11.8 Å². The molecule has 2 heterocycles. The Kier molecular flexibility index (Phi) is 9.47. The highest BCUT2D eigenvalue weighted by molar-refractivity contribution is 8.00. The number of nitriles is 2. The summed E-state index contributed by atoms with van der Waals surface area (Å²) in [6.07, 6.45) is 0.635. The third-order valence-electron chi connectivity index (χ3n) is 7.29. The minimum atomic E-state index is -0.918. The van der Waals surface area contributed by atoms with Crippen LogP contribution in [0.15, 0.2) is 77.8 Å². The molecule has 1 saturated heterocycles. The fourth-order valence-corrected chi connectivity index (χ4v) is 6.11. The first kappa shape index (κ1) is 31.9. The van der Waals surface area contributed by atoms with Crippen LogP contribution in [0.3, 0.4) is 0 Å². The number of carbonyl (C=O) groups excluding carboxylic acids is 4. The Morgan fingerprint density at radius 2 is 1.61 bits per heavy atom. The number of ether oxygens (including phenoxy) is 1. The van der Waals surface area contributed by atoms with Gasteiger partial charge in [-0.2, -0.15) is 10.5 Å². The summed E-state index contributed by atoms with van der Waals surface area (Å²) >= 11 is 6.77. The second-order valence-electron chi connectivity index (χ2n) is 10.1. The van der Waals surface area contributed by atoms with Crippen LogP contribution in [-0.2, 0) is 20.7 Å². The average Bonchev–Trinajstić information content (AvgIpc) is 3.35. The third-order valence-corrected chi connectivity index (χ3v) is 8.71. The number of amides is 2. The molecule has 0 spiro atoms. The van der Waals surface area contributed by atoms with Crippen LogP contribution in [0.25, 0.3) is 11.1 Å². The van der Waals surface area contributed by atoms with Crippen LogP contribution in [0, 0.1) is 22.7 Å². The lowest BCUT2D eigenvalue weighted by Gasteiger charge is -2.17. The molecule has 228 valence electrons. The van der Waals surface area contributed by atoms with Crippen LogP contribution in [0.4, 0.5) is 11.5 Å². The van der Waals surface area contributed by atoms with E-state index in [-0.39, 0.29) is 39.6 Å². The minimum Gasteiger partial charge on any atom is -0.454 e. The van der Waals surface area contributed by atoms with Crippen LogP contribution in [0.5, 0.6) is 0 Å². The molecule has 1 atom stereocenters. The Labute approximate surface area is 273 Å². The number of benzene rings is 3. The first-order valence-corrected chi connectivity index (χ1v) is 15.2. The fraction of sp³-hybridized carbons (Fsp3) is 0.147. The van der Waals surface area contributed by atoms with Gasteiger partial charge in [-0.25, -0.2) is 14.7 Å². The van der Waals surface area contributed by atoms with Gasteiger partial charge in [-0.15, -0.1) is 0 Å². The van der Waals surface area contributed by atoms with E-state index in [1.54, 1.807) is 24.3 Å². The molecule has 1 unspecified atom stereocenters. The van der Waals surface area contributed by atoms with Crippen LogP contribution in [0.1, 0.15) is 50.8 Å². The normalized spacial score (nSPS) is 14.1. The van der Waals surface area contributed by atoms with Crippen molar-refractivity contribution < 1.29 is 23.9 Å². The first-order chi connectivity index (χ1) is 22.1. The maximum absolute atomic E-state index is 13.5.